The first-order valence-corrected chi connectivity index (χ1v) is 7.26. The maximum atomic E-state index is 12.8. The van der Waals surface area contributed by atoms with E-state index < -0.39 is 0 Å². The van der Waals surface area contributed by atoms with Crippen LogP contribution < -0.4 is 5.32 Å². The number of nitrogens with one attached hydrogen (secondary N) is 1. The van der Waals surface area contributed by atoms with Crippen LogP contribution in [0.3, 0.4) is 0 Å². The molecule has 4 heteroatoms. The predicted molar refractivity (Wildman–Crippen MR) is 84.5 cm³/mol. The maximum absolute atomic E-state index is 12.8. The van der Waals surface area contributed by atoms with Crippen molar-refractivity contribution in [3.05, 3.63) is 65.0 Å². The summed E-state index contributed by atoms with van der Waals surface area (Å²) in [5.74, 6) is -0.212. The van der Waals surface area contributed by atoms with Gasteiger partial charge < -0.3 is 9.88 Å². The summed E-state index contributed by atoms with van der Waals surface area (Å²) in [6, 6.07) is 14.7. The molecule has 0 saturated heterocycles. The van der Waals surface area contributed by atoms with E-state index in [1.54, 1.807) is 12.1 Å². The summed E-state index contributed by atoms with van der Waals surface area (Å²) in [6.07, 6.45) is 2.09. The molecule has 1 N–H and O–H groups in total. The van der Waals surface area contributed by atoms with Crippen LogP contribution >= 0.6 is 15.9 Å². The van der Waals surface area contributed by atoms with Crippen LogP contribution in [-0.4, -0.2) is 11.1 Å². The molecule has 0 radical (unpaired) electrons. The van der Waals surface area contributed by atoms with E-state index >= 15 is 0 Å². The molecule has 1 heterocycles. The summed E-state index contributed by atoms with van der Waals surface area (Å²) in [5.41, 5.74) is 2.14. The van der Waals surface area contributed by atoms with Gasteiger partial charge in [-0.05, 0) is 46.3 Å². The Hall–Kier alpha value is -1.81. The Morgan fingerprint density at radius 2 is 1.80 bits per heavy atom. The molecule has 102 valence electrons. The zero-order valence-electron chi connectivity index (χ0n) is 10.8. The Balaban J connectivity index is 1.70. The molecule has 3 rings (SSSR count). The number of anilines is 1. The maximum Gasteiger partial charge on any atom is 0.123 e. The van der Waals surface area contributed by atoms with E-state index in [2.05, 4.69) is 44.1 Å². The summed E-state index contributed by atoms with van der Waals surface area (Å²) in [6.45, 7) is 1.64. The lowest BCUT2D eigenvalue weighted by atomic mass is 10.2. The highest BCUT2D eigenvalue weighted by molar-refractivity contribution is 9.10. The van der Waals surface area contributed by atoms with E-state index in [0.29, 0.717) is 0 Å². The van der Waals surface area contributed by atoms with Crippen LogP contribution in [0.4, 0.5) is 10.1 Å². The smallest absolute Gasteiger partial charge is 0.123 e. The molecule has 1 aromatic heterocycles. The molecule has 2 aromatic carbocycles. The minimum absolute atomic E-state index is 0.212. The van der Waals surface area contributed by atoms with E-state index in [-0.39, 0.29) is 5.82 Å². The third kappa shape index (κ3) is 2.70. The van der Waals surface area contributed by atoms with Gasteiger partial charge >= 0.3 is 0 Å². The molecule has 0 saturated carbocycles. The van der Waals surface area contributed by atoms with Gasteiger partial charge in [-0.2, -0.15) is 0 Å². The van der Waals surface area contributed by atoms with Crippen molar-refractivity contribution in [3.8, 4) is 0 Å². The molecular weight excluding hydrogens is 319 g/mol. The van der Waals surface area contributed by atoms with E-state index in [0.717, 1.165) is 23.2 Å². The van der Waals surface area contributed by atoms with Crippen LogP contribution in [0.15, 0.2) is 59.2 Å². The summed E-state index contributed by atoms with van der Waals surface area (Å²) >= 11 is 3.58. The van der Waals surface area contributed by atoms with Gasteiger partial charge in [0.25, 0.3) is 0 Å². The second-order valence-electron chi connectivity index (χ2n) is 4.62. The quantitative estimate of drug-likeness (QED) is 0.735. The molecule has 0 unspecified atom stereocenters. The minimum atomic E-state index is -0.212. The molecule has 0 amide bonds. The topological polar surface area (TPSA) is 17.0 Å². The number of rotatable bonds is 4. The van der Waals surface area contributed by atoms with Crippen LogP contribution in [-0.2, 0) is 6.54 Å². The van der Waals surface area contributed by atoms with Gasteiger partial charge in [-0.15, -0.1) is 0 Å². The summed E-state index contributed by atoms with van der Waals surface area (Å²) in [7, 11) is 0. The minimum Gasteiger partial charge on any atom is -0.383 e. The number of hydrogen-bond acceptors (Lipinski definition) is 1. The fourth-order valence-corrected chi connectivity index (χ4v) is 2.86. The van der Waals surface area contributed by atoms with Gasteiger partial charge in [0.05, 0.1) is 0 Å². The first kappa shape index (κ1) is 13.2. The third-order valence-corrected chi connectivity index (χ3v) is 3.90. The highest BCUT2D eigenvalue weighted by atomic mass is 79.9. The molecule has 0 atom stereocenters. The number of hydrogen-bond donors (Lipinski definition) is 1. The molecule has 0 aliphatic rings. The van der Waals surface area contributed by atoms with E-state index in [4.69, 9.17) is 0 Å². The average Bonchev–Trinajstić information content (AvgIpc) is 2.79. The Morgan fingerprint density at radius 3 is 2.60 bits per heavy atom. The lowest BCUT2D eigenvalue weighted by Crippen LogP contribution is -2.09. The van der Waals surface area contributed by atoms with Crippen LogP contribution in [0.5, 0.6) is 0 Å². The number of benzene rings is 2. The SMILES string of the molecule is Fc1ccc(NCCn2cc(Br)c3ccccc32)cc1. The normalized spacial score (nSPS) is 10.9. The molecule has 0 bridgehead atoms. The molecule has 0 aliphatic carbocycles. The van der Waals surface area contributed by atoms with Crippen molar-refractivity contribution in [2.24, 2.45) is 0 Å². The average molecular weight is 333 g/mol. The molecule has 20 heavy (non-hydrogen) atoms. The first-order valence-electron chi connectivity index (χ1n) is 6.47. The largest absolute Gasteiger partial charge is 0.383 e. The van der Waals surface area contributed by atoms with Gasteiger partial charge in [-0.3, -0.25) is 0 Å². The zero-order chi connectivity index (χ0) is 13.9. The molecule has 3 aromatic rings. The lowest BCUT2D eigenvalue weighted by molar-refractivity contribution is 0.628. The highest BCUT2D eigenvalue weighted by Crippen LogP contribution is 2.25. The second kappa shape index (κ2) is 5.67. The third-order valence-electron chi connectivity index (χ3n) is 3.27. The van der Waals surface area contributed by atoms with Gasteiger partial charge in [0.1, 0.15) is 5.82 Å². The monoisotopic (exact) mass is 332 g/mol. The van der Waals surface area contributed by atoms with Crippen LogP contribution in [0.1, 0.15) is 0 Å². The van der Waals surface area contributed by atoms with Gasteiger partial charge in [-0.25, -0.2) is 4.39 Å². The van der Waals surface area contributed by atoms with Crippen molar-refractivity contribution in [2.45, 2.75) is 6.54 Å². The number of para-hydroxylation sites is 1. The van der Waals surface area contributed by atoms with Gasteiger partial charge in [0.15, 0.2) is 0 Å². The fraction of sp³-hybridized carbons (Fsp3) is 0.125. The van der Waals surface area contributed by atoms with Crippen LogP contribution in [0, 0.1) is 5.82 Å². The van der Waals surface area contributed by atoms with Crippen molar-refractivity contribution in [1.29, 1.82) is 0 Å². The number of halogens is 2. The highest BCUT2D eigenvalue weighted by Gasteiger charge is 2.04. The van der Waals surface area contributed by atoms with Crippen molar-refractivity contribution in [1.82, 2.24) is 4.57 Å². The molecule has 0 spiro atoms. The number of aromatic nitrogens is 1. The Morgan fingerprint density at radius 1 is 1.05 bits per heavy atom. The van der Waals surface area contributed by atoms with Crippen LogP contribution in [0.25, 0.3) is 10.9 Å². The number of fused-ring (bicyclic) bond motifs is 1. The van der Waals surface area contributed by atoms with Crippen LogP contribution in [0.2, 0.25) is 0 Å². The second-order valence-corrected chi connectivity index (χ2v) is 5.48. The number of nitrogens with zero attached hydrogens (tertiary/aromatic N) is 1. The zero-order valence-corrected chi connectivity index (χ0v) is 12.4. The van der Waals surface area contributed by atoms with E-state index in [9.17, 15) is 4.39 Å². The Kier molecular flexibility index (Phi) is 3.74. The standard InChI is InChI=1S/C16H14BrFN2/c17-15-11-20(16-4-2-1-3-14(15)16)10-9-19-13-7-5-12(18)6-8-13/h1-8,11,19H,9-10H2. The fourth-order valence-electron chi connectivity index (χ4n) is 2.28. The van der Waals surface area contributed by atoms with Crippen molar-refractivity contribution in [3.63, 3.8) is 0 Å². The summed E-state index contributed by atoms with van der Waals surface area (Å²) < 4.78 is 16.1. The molecular formula is C16H14BrFN2. The molecule has 2 nitrogen and oxygen atoms in total. The van der Waals surface area contributed by atoms with Crippen molar-refractivity contribution < 1.29 is 4.39 Å². The summed E-state index contributed by atoms with van der Waals surface area (Å²) in [5, 5.41) is 4.51. The molecule has 0 aliphatic heterocycles. The predicted octanol–water partition coefficient (Wildman–Crippen LogP) is 4.66. The Labute approximate surface area is 125 Å². The lowest BCUT2D eigenvalue weighted by Gasteiger charge is -2.08. The summed E-state index contributed by atoms with van der Waals surface area (Å²) in [4.78, 5) is 0. The van der Waals surface area contributed by atoms with Crippen molar-refractivity contribution >= 4 is 32.5 Å². The van der Waals surface area contributed by atoms with Gasteiger partial charge in [0.2, 0.25) is 0 Å². The van der Waals surface area contributed by atoms with E-state index in [1.807, 2.05) is 12.1 Å². The molecule has 0 fully saturated rings. The first-order chi connectivity index (χ1) is 9.74. The Bertz CT molecular complexity index is 719. The van der Waals surface area contributed by atoms with Gasteiger partial charge in [0, 0.05) is 40.3 Å². The van der Waals surface area contributed by atoms with Gasteiger partial charge in [-0.1, -0.05) is 18.2 Å². The van der Waals surface area contributed by atoms with Crippen molar-refractivity contribution in [2.75, 3.05) is 11.9 Å². The van der Waals surface area contributed by atoms with E-state index in [1.165, 1.54) is 23.0 Å².